The molecule has 0 aliphatic rings. The summed E-state index contributed by atoms with van der Waals surface area (Å²) in [7, 11) is 0. The summed E-state index contributed by atoms with van der Waals surface area (Å²) in [5, 5.41) is 11.3. The van der Waals surface area contributed by atoms with Crippen molar-refractivity contribution in [2.75, 3.05) is 0 Å². The number of unbranched alkanes of at least 4 members (excludes halogenated alkanes) is 1. The predicted octanol–water partition coefficient (Wildman–Crippen LogP) is 2.27. The Morgan fingerprint density at radius 2 is 1.94 bits per heavy atom. The number of rotatable bonds is 8. The highest BCUT2D eigenvalue weighted by atomic mass is 16.4. The van der Waals surface area contributed by atoms with Crippen molar-refractivity contribution in [1.29, 1.82) is 0 Å². The van der Waals surface area contributed by atoms with Crippen LogP contribution in [0, 0.1) is 0 Å². The summed E-state index contributed by atoms with van der Waals surface area (Å²) >= 11 is 0. The minimum Gasteiger partial charge on any atom is -0.481 e. The summed E-state index contributed by atoms with van der Waals surface area (Å²) in [5.41, 5.74) is 0. The van der Waals surface area contributed by atoms with Gasteiger partial charge in [0.2, 0.25) is 5.91 Å². The summed E-state index contributed by atoms with van der Waals surface area (Å²) < 4.78 is 0. The third-order valence-electron chi connectivity index (χ3n) is 2.09. The van der Waals surface area contributed by atoms with Crippen LogP contribution in [0.25, 0.3) is 0 Å². The molecule has 4 nitrogen and oxygen atoms in total. The number of carbonyl (C=O) groups is 2. The number of hydrogen-bond acceptors (Lipinski definition) is 2. The van der Waals surface area contributed by atoms with E-state index in [1.807, 2.05) is 18.2 Å². The third kappa shape index (κ3) is 10.7. The van der Waals surface area contributed by atoms with E-state index in [2.05, 4.69) is 18.3 Å². The number of aliphatic carboxylic acids is 1. The van der Waals surface area contributed by atoms with Crippen LogP contribution in [-0.4, -0.2) is 23.0 Å². The van der Waals surface area contributed by atoms with Crippen LogP contribution in [0.3, 0.4) is 0 Å². The molecule has 0 saturated carbocycles. The van der Waals surface area contributed by atoms with E-state index in [-0.39, 0.29) is 18.4 Å². The van der Waals surface area contributed by atoms with Crippen LogP contribution in [0.1, 0.15) is 39.5 Å². The van der Waals surface area contributed by atoms with Gasteiger partial charge < -0.3 is 10.4 Å². The molecule has 0 aliphatic heterocycles. The quantitative estimate of drug-likeness (QED) is 0.638. The van der Waals surface area contributed by atoms with Crippen LogP contribution in [0.4, 0.5) is 0 Å². The zero-order chi connectivity index (χ0) is 13.1. The molecule has 1 amide bonds. The molecule has 0 aliphatic carbocycles. The lowest BCUT2D eigenvalue weighted by atomic mass is 10.1. The van der Waals surface area contributed by atoms with Gasteiger partial charge in [-0.1, -0.05) is 37.6 Å². The van der Waals surface area contributed by atoms with Crippen molar-refractivity contribution in [3.63, 3.8) is 0 Å². The SMILES string of the molecule is CCC/C=C/C=C/CC(CC(=O)O)NC(C)=O. The van der Waals surface area contributed by atoms with Gasteiger partial charge in [0.1, 0.15) is 0 Å². The van der Waals surface area contributed by atoms with Crippen LogP contribution in [-0.2, 0) is 9.59 Å². The van der Waals surface area contributed by atoms with Crippen molar-refractivity contribution in [3.05, 3.63) is 24.3 Å². The third-order valence-corrected chi connectivity index (χ3v) is 2.09. The smallest absolute Gasteiger partial charge is 0.305 e. The van der Waals surface area contributed by atoms with E-state index in [9.17, 15) is 9.59 Å². The van der Waals surface area contributed by atoms with Crippen molar-refractivity contribution in [3.8, 4) is 0 Å². The number of hydrogen-bond donors (Lipinski definition) is 2. The number of carbonyl (C=O) groups excluding carboxylic acids is 1. The van der Waals surface area contributed by atoms with E-state index in [1.165, 1.54) is 6.92 Å². The molecule has 17 heavy (non-hydrogen) atoms. The molecule has 0 bridgehead atoms. The molecular formula is C13H21NO3. The largest absolute Gasteiger partial charge is 0.481 e. The summed E-state index contributed by atoms with van der Waals surface area (Å²) in [6.07, 6.45) is 10.4. The molecule has 0 aromatic heterocycles. The van der Waals surface area contributed by atoms with Crippen molar-refractivity contribution < 1.29 is 14.7 Å². The second kappa shape index (κ2) is 9.63. The van der Waals surface area contributed by atoms with E-state index in [0.29, 0.717) is 6.42 Å². The first kappa shape index (κ1) is 15.4. The molecule has 96 valence electrons. The van der Waals surface area contributed by atoms with Gasteiger partial charge in [-0.25, -0.2) is 0 Å². The Morgan fingerprint density at radius 1 is 1.29 bits per heavy atom. The van der Waals surface area contributed by atoms with Crippen molar-refractivity contribution >= 4 is 11.9 Å². The fraction of sp³-hybridized carbons (Fsp3) is 0.538. The molecule has 0 heterocycles. The average molecular weight is 239 g/mol. The average Bonchev–Trinajstić information content (AvgIpc) is 2.21. The molecule has 0 spiro atoms. The summed E-state index contributed by atoms with van der Waals surface area (Å²) in [6, 6.07) is -0.333. The Labute approximate surface area is 102 Å². The van der Waals surface area contributed by atoms with Gasteiger partial charge in [0, 0.05) is 13.0 Å². The van der Waals surface area contributed by atoms with Crippen LogP contribution in [0.2, 0.25) is 0 Å². The van der Waals surface area contributed by atoms with Gasteiger partial charge in [-0.2, -0.15) is 0 Å². The predicted molar refractivity (Wildman–Crippen MR) is 67.7 cm³/mol. The van der Waals surface area contributed by atoms with Gasteiger partial charge in [-0.3, -0.25) is 9.59 Å². The molecule has 0 aromatic rings. The summed E-state index contributed by atoms with van der Waals surface area (Å²) in [4.78, 5) is 21.4. The molecule has 1 atom stereocenters. The van der Waals surface area contributed by atoms with Gasteiger partial charge >= 0.3 is 5.97 Å². The molecule has 0 aromatic carbocycles. The van der Waals surface area contributed by atoms with E-state index in [0.717, 1.165) is 12.8 Å². The maximum absolute atomic E-state index is 10.9. The molecule has 0 fully saturated rings. The number of amides is 1. The fourth-order valence-corrected chi connectivity index (χ4v) is 1.35. The fourth-order valence-electron chi connectivity index (χ4n) is 1.35. The van der Waals surface area contributed by atoms with Gasteiger partial charge in [-0.05, 0) is 12.8 Å². The normalized spacial score (nSPS) is 13.1. The van der Waals surface area contributed by atoms with Crippen molar-refractivity contribution in [2.24, 2.45) is 0 Å². The van der Waals surface area contributed by atoms with E-state index in [1.54, 1.807) is 0 Å². The van der Waals surface area contributed by atoms with Crippen molar-refractivity contribution in [2.45, 2.75) is 45.6 Å². The minimum atomic E-state index is -0.904. The number of allylic oxidation sites excluding steroid dienone is 3. The molecule has 1 unspecified atom stereocenters. The minimum absolute atomic E-state index is 0.0530. The Morgan fingerprint density at radius 3 is 2.47 bits per heavy atom. The molecule has 0 saturated heterocycles. The zero-order valence-corrected chi connectivity index (χ0v) is 10.5. The zero-order valence-electron chi connectivity index (χ0n) is 10.5. The van der Waals surface area contributed by atoms with Gasteiger partial charge in [0.15, 0.2) is 0 Å². The van der Waals surface area contributed by atoms with Crippen LogP contribution >= 0.6 is 0 Å². The van der Waals surface area contributed by atoms with Gasteiger partial charge in [-0.15, -0.1) is 0 Å². The van der Waals surface area contributed by atoms with Crippen LogP contribution in [0.5, 0.6) is 0 Å². The number of carboxylic acids is 1. The monoisotopic (exact) mass is 239 g/mol. The highest BCUT2D eigenvalue weighted by Gasteiger charge is 2.11. The molecule has 2 N–H and O–H groups in total. The summed E-state index contributed by atoms with van der Waals surface area (Å²) in [5.74, 6) is -1.11. The maximum Gasteiger partial charge on any atom is 0.305 e. The molecular weight excluding hydrogens is 218 g/mol. The molecule has 4 heteroatoms. The Kier molecular flexibility index (Phi) is 8.74. The highest BCUT2D eigenvalue weighted by molar-refractivity contribution is 5.74. The topological polar surface area (TPSA) is 66.4 Å². The van der Waals surface area contributed by atoms with E-state index in [4.69, 9.17) is 5.11 Å². The molecule has 0 radical (unpaired) electrons. The lowest BCUT2D eigenvalue weighted by molar-refractivity contribution is -0.137. The van der Waals surface area contributed by atoms with Crippen molar-refractivity contribution in [1.82, 2.24) is 5.32 Å². The standard InChI is InChI=1S/C13H21NO3/c1-3-4-5-6-7-8-9-12(10-13(16)17)14-11(2)15/h5-8,12H,3-4,9-10H2,1-2H3,(H,14,15)(H,16,17)/b6-5+,8-7+. The van der Waals surface area contributed by atoms with Crippen LogP contribution < -0.4 is 5.32 Å². The lowest BCUT2D eigenvalue weighted by Crippen LogP contribution is -2.34. The van der Waals surface area contributed by atoms with Gasteiger partial charge in [0.05, 0.1) is 6.42 Å². The number of nitrogens with one attached hydrogen (secondary N) is 1. The Hall–Kier alpha value is -1.58. The highest BCUT2D eigenvalue weighted by Crippen LogP contribution is 2.00. The number of carboxylic acid groups (broad SMARTS) is 1. The second-order valence-electron chi connectivity index (χ2n) is 3.88. The van der Waals surface area contributed by atoms with E-state index >= 15 is 0 Å². The Balaban J connectivity index is 4.05. The van der Waals surface area contributed by atoms with E-state index < -0.39 is 5.97 Å². The first-order valence-corrected chi connectivity index (χ1v) is 5.86. The first-order valence-electron chi connectivity index (χ1n) is 5.86. The maximum atomic E-state index is 10.9. The lowest BCUT2D eigenvalue weighted by Gasteiger charge is -2.13. The van der Waals surface area contributed by atoms with Crippen LogP contribution in [0.15, 0.2) is 24.3 Å². The van der Waals surface area contributed by atoms with Gasteiger partial charge in [0.25, 0.3) is 0 Å². The first-order chi connectivity index (χ1) is 8.06. The summed E-state index contributed by atoms with van der Waals surface area (Å²) in [6.45, 7) is 3.49. The second-order valence-corrected chi connectivity index (χ2v) is 3.88. The molecule has 0 rings (SSSR count). The Bertz CT molecular complexity index is 279.